The van der Waals surface area contributed by atoms with Crippen molar-refractivity contribution in [3.63, 3.8) is 0 Å². The van der Waals surface area contributed by atoms with Crippen molar-refractivity contribution in [2.45, 2.75) is 51.1 Å². The number of hydrogen-bond donors (Lipinski definition) is 3. The van der Waals surface area contributed by atoms with Gasteiger partial charge < -0.3 is 20.3 Å². The first-order valence-electron chi connectivity index (χ1n) is 10.6. The van der Waals surface area contributed by atoms with E-state index in [2.05, 4.69) is 46.0 Å². The fourth-order valence-corrected chi connectivity index (χ4v) is 4.11. The molecule has 10 heteroatoms. The van der Waals surface area contributed by atoms with Crippen LogP contribution in [-0.2, 0) is 21.3 Å². The molecular formula is C21H40IN5O3S. The third-order valence-electron chi connectivity index (χ3n) is 4.88. The molecule has 0 aliphatic rings. The van der Waals surface area contributed by atoms with Crippen molar-refractivity contribution in [3.05, 3.63) is 29.8 Å². The maximum absolute atomic E-state index is 12.4. The maximum atomic E-state index is 12.4. The van der Waals surface area contributed by atoms with Crippen LogP contribution in [0, 0.1) is 0 Å². The number of halogens is 1. The van der Waals surface area contributed by atoms with Crippen LogP contribution in [0.15, 0.2) is 34.2 Å². The van der Waals surface area contributed by atoms with Gasteiger partial charge in [0.05, 0.1) is 11.5 Å². The molecule has 1 atom stereocenters. The molecule has 1 unspecified atom stereocenters. The smallest absolute Gasteiger partial charge is 0.240 e. The molecule has 0 heterocycles. The molecule has 0 saturated carbocycles. The summed E-state index contributed by atoms with van der Waals surface area (Å²) in [4.78, 5) is 6.94. The van der Waals surface area contributed by atoms with E-state index in [0.717, 1.165) is 38.0 Å². The Kier molecular flexibility index (Phi) is 16.1. The number of methoxy groups -OCH3 is 1. The molecule has 1 aromatic rings. The first-order valence-corrected chi connectivity index (χ1v) is 12.1. The molecule has 1 rings (SSSR count). The number of rotatable bonds is 14. The molecule has 0 amide bonds. The second kappa shape index (κ2) is 16.7. The van der Waals surface area contributed by atoms with E-state index in [1.165, 1.54) is 7.11 Å². The van der Waals surface area contributed by atoms with Crippen molar-refractivity contribution in [2.75, 3.05) is 46.9 Å². The fraction of sp³-hybridized carbons (Fsp3) is 0.667. The number of nitrogens with one attached hydrogen (secondary N) is 3. The molecular weight excluding hydrogens is 529 g/mol. The Labute approximate surface area is 205 Å². The van der Waals surface area contributed by atoms with Gasteiger partial charge in [0.2, 0.25) is 10.0 Å². The van der Waals surface area contributed by atoms with Crippen LogP contribution in [0.2, 0.25) is 0 Å². The molecule has 0 aliphatic carbocycles. The van der Waals surface area contributed by atoms with Gasteiger partial charge in [-0.05, 0) is 57.1 Å². The van der Waals surface area contributed by atoms with Gasteiger partial charge in [-0.25, -0.2) is 13.1 Å². The monoisotopic (exact) mass is 569 g/mol. The minimum atomic E-state index is -3.55. The molecule has 31 heavy (non-hydrogen) atoms. The minimum absolute atomic E-state index is 0. The Bertz CT molecular complexity index is 742. The Balaban J connectivity index is 0.00000900. The number of benzene rings is 1. The van der Waals surface area contributed by atoms with Gasteiger partial charge in [-0.3, -0.25) is 4.99 Å². The lowest BCUT2D eigenvalue weighted by Gasteiger charge is -2.21. The summed E-state index contributed by atoms with van der Waals surface area (Å²) < 4.78 is 32.2. The topological polar surface area (TPSA) is 95.1 Å². The Morgan fingerprint density at radius 1 is 1.26 bits per heavy atom. The molecule has 3 N–H and O–H groups in total. The van der Waals surface area contributed by atoms with Crippen LogP contribution in [0.1, 0.15) is 39.2 Å². The predicted molar refractivity (Wildman–Crippen MR) is 139 cm³/mol. The lowest BCUT2D eigenvalue weighted by atomic mass is 10.2. The molecule has 180 valence electrons. The van der Waals surface area contributed by atoms with E-state index in [0.29, 0.717) is 25.2 Å². The number of nitrogens with zero attached hydrogens (tertiary/aromatic N) is 2. The van der Waals surface area contributed by atoms with E-state index in [-0.39, 0.29) is 35.4 Å². The standard InChI is InChI=1S/C21H39N5O3S.HI/c1-6-26(7-2)14-9-10-18(3)25-21(22-4)23-17-19-11-8-12-20(16-19)30(27,28)24-13-15-29-5;/h8,11-12,16,18,24H,6-7,9-10,13-15,17H2,1-5H3,(H2,22,23,25);1H. The summed E-state index contributed by atoms with van der Waals surface area (Å²) in [5, 5.41) is 6.66. The number of hydrogen-bond acceptors (Lipinski definition) is 5. The fourth-order valence-electron chi connectivity index (χ4n) is 3.03. The average Bonchev–Trinajstić information content (AvgIpc) is 2.74. The van der Waals surface area contributed by atoms with Crippen molar-refractivity contribution in [3.8, 4) is 0 Å². The van der Waals surface area contributed by atoms with E-state index in [1.54, 1.807) is 25.2 Å². The highest BCUT2D eigenvalue weighted by molar-refractivity contribution is 14.0. The normalized spacial score (nSPS) is 13.0. The lowest BCUT2D eigenvalue weighted by molar-refractivity contribution is 0.204. The molecule has 0 radical (unpaired) electrons. The van der Waals surface area contributed by atoms with E-state index in [4.69, 9.17) is 4.74 Å². The number of sulfonamides is 1. The van der Waals surface area contributed by atoms with Gasteiger partial charge in [0.15, 0.2) is 5.96 Å². The van der Waals surface area contributed by atoms with Crippen molar-refractivity contribution >= 4 is 40.0 Å². The van der Waals surface area contributed by atoms with Crippen LogP contribution >= 0.6 is 24.0 Å². The molecule has 8 nitrogen and oxygen atoms in total. The number of guanidine groups is 1. The molecule has 0 saturated heterocycles. The van der Waals surface area contributed by atoms with Crippen LogP contribution < -0.4 is 15.4 Å². The molecule has 0 fully saturated rings. The van der Waals surface area contributed by atoms with Crippen LogP contribution in [0.25, 0.3) is 0 Å². The van der Waals surface area contributed by atoms with Crippen LogP contribution in [0.3, 0.4) is 0 Å². The minimum Gasteiger partial charge on any atom is -0.383 e. The summed E-state index contributed by atoms with van der Waals surface area (Å²) in [6.07, 6.45) is 2.18. The van der Waals surface area contributed by atoms with E-state index >= 15 is 0 Å². The van der Waals surface area contributed by atoms with Crippen LogP contribution in [0.5, 0.6) is 0 Å². The Hall–Kier alpha value is -0.950. The molecule has 1 aromatic carbocycles. The van der Waals surface area contributed by atoms with E-state index in [9.17, 15) is 8.42 Å². The zero-order chi connectivity index (χ0) is 22.4. The second-order valence-corrected chi connectivity index (χ2v) is 8.95. The van der Waals surface area contributed by atoms with Crippen molar-refractivity contribution in [1.82, 2.24) is 20.3 Å². The number of aliphatic imine (C=N–C) groups is 1. The van der Waals surface area contributed by atoms with Crippen LogP contribution in [-0.4, -0.2) is 72.3 Å². The van der Waals surface area contributed by atoms with Crippen LogP contribution in [0.4, 0.5) is 0 Å². The van der Waals surface area contributed by atoms with E-state index in [1.807, 2.05) is 6.07 Å². The Morgan fingerprint density at radius 3 is 2.58 bits per heavy atom. The van der Waals surface area contributed by atoms with Gasteiger partial charge >= 0.3 is 0 Å². The largest absolute Gasteiger partial charge is 0.383 e. The van der Waals surface area contributed by atoms with Gasteiger partial charge in [-0.15, -0.1) is 24.0 Å². The summed E-state index contributed by atoms with van der Waals surface area (Å²) in [5.74, 6) is 0.705. The lowest BCUT2D eigenvalue weighted by Crippen LogP contribution is -2.42. The molecule has 0 aliphatic heterocycles. The zero-order valence-electron chi connectivity index (χ0n) is 19.5. The van der Waals surface area contributed by atoms with Crippen molar-refractivity contribution in [2.24, 2.45) is 4.99 Å². The summed E-state index contributed by atoms with van der Waals surface area (Å²) in [6.45, 7) is 10.8. The van der Waals surface area contributed by atoms with Gasteiger partial charge in [0, 0.05) is 33.3 Å². The molecule has 0 aromatic heterocycles. The third-order valence-corrected chi connectivity index (χ3v) is 6.34. The number of ether oxygens (including phenoxy) is 1. The first-order chi connectivity index (χ1) is 14.4. The second-order valence-electron chi connectivity index (χ2n) is 7.18. The SMILES string of the molecule is CCN(CC)CCCC(C)NC(=NC)NCc1cccc(S(=O)(=O)NCCOC)c1.I. The van der Waals surface area contributed by atoms with E-state index < -0.39 is 10.0 Å². The molecule has 0 spiro atoms. The highest BCUT2D eigenvalue weighted by atomic mass is 127. The zero-order valence-corrected chi connectivity index (χ0v) is 22.6. The van der Waals surface area contributed by atoms with Gasteiger partial charge in [-0.1, -0.05) is 26.0 Å². The molecule has 0 bridgehead atoms. The Morgan fingerprint density at radius 2 is 1.97 bits per heavy atom. The predicted octanol–water partition coefficient (Wildman–Crippen LogP) is 2.40. The van der Waals surface area contributed by atoms with Gasteiger partial charge in [0.1, 0.15) is 0 Å². The summed E-state index contributed by atoms with van der Waals surface area (Å²) in [7, 11) is -0.278. The van der Waals surface area contributed by atoms with Gasteiger partial charge in [0.25, 0.3) is 0 Å². The summed E-state index contributed by atoms with van der Waals surface area (Å²) in [5.41, 5.74) is 0.863. The summed E-state index contributed by atoms with van der Waals surface area (Å²) >= 11 is 0. The maximum Gasteiger partial charge on any atom is 0.240 e. The average molecular weight is 570 g/mol. The highest BCUT2D eigenvalue weighted by Crippen LogP contribution is 2.11. The summed E-state index contributed by atoms with van der Waals surface area (Å²) in [6, 6.07) is 7.19. The quantitative estimate of drug-likeness (QED) is 0.138. The third kappa shape index (κ3) is 12.0. The first kappa shape index (κ1) is 30.0. The van der Waals surface area contributed by atoms with Crippen molar-refractivity contribution in [1.29, 1.82) is 0 Å². The van der Waals surface area contributed by atoms with Crippen molar-refractivity contribution < 1.29 is 13.2 Å². The highest BCUT2D eigenvalue weighted by Gasteiger charge is 2.14. The van der Waals surface area contributed by atoms with Gasteiger partial charge in [-0.2, -0.15) is 0 Å².